The molecule has 0 aromatic heterocycles. The molecule has 0 saturated carbocycles. The van der Waals surface area contributed by atoms with Crippen molar-refractivity contribution in [2.45, 2.75) is 25.7 Å². The quantitative estimate of drug-likeness (QED) is 0.590. The summed E-state index contributed by atoms with van der Waals surface area (Å²) in [5, 5.41) is 0. The minimum absolute atomic E-state index is 0. The maximum absolute atomic E-state index is 5.97. The Morgan fingerprint density at radius 2 is 1.09 bits per heavy atom. The summed E-state index contributed by atoms with van der Waals surface area (Å²) >= 11 is 5.97. The molecule has 0 amide bonds. The third kappa shape index (κ3) is 8.41. The lowest BCUT2D eigenvalue weighted by Crippen LogP contribution is -3.12. The van der Waals surface area contributed by atoms with Gasteiger partial charge >= 0.3 is 0 Å². The van der Waals surface area contributed by atoms with E-state index in [0.29, 0.717) is 0 Å². The molecule has 0 heterocycles. The summed E-state index contributed by atoms with van der Waals surface area (Å²) in [4.78, 5) is 1.64. The second kappa shape index (κ2) is 12.4. The van der Waals surface area contributed by atoms with Gasteiger partial charge in [0.1, 0.15) is 0 Å². The van der Waals surface area contributed by atoms with Gasteiger partial charge in [0, 0.05) is 12.8 Å². The minimum atomic E-state index is 0. The maximum Gasteiger partial charge on any atom is 0.0908 e. The number of rotatable bonds is 10. The van der Waals surface area contributed by atoms with Crippen molar-refractivity contribution >= 4 is 11.6 Å². The smallest absolute Gasteiger partial charge is 0.0908 e. The Kier molecular flexibility index (Phi) is 10.8. The molecule has 0 aliphatic rings. The van der Waals surface area contributed by atoms with Crippen LogP contribution < -0.4 is 17.3 Å². The van der Waals surface area contributed by atoms with Gasteiger partial charge in [-0.15, -0.1) is 11.6 Å². The summed E-state index contributed by atoms with van der Waals surface area (Å²) in [5.74, 6) is 0.756. The molecule has 0 saturated heterocycles. The van der Waals surface area contributed by atoms with Crippen molar-refractivity contribution in [2.75, 3.05) is 25.5 Å². The molecular weight excluding hydrogens is 325 g/mol. The van der Waals surface area contributed by atoms with Crippen LogP contribution in [-0.4, -0.2) is 25.5 Å². The van der Waals surface area contributed by atoms with Crippen LogP contribution in [0.3, 0.4) is 0 Å². The van der Waals surface area contributed by atoms with Gasteiger partial charge < -0.3 is 17.3 Å². The number of halogens is 2. The van der Waals surface area contributed by atoms with Gasteiger partial charge in [0.2, 0.25) is 0 Å². The lowest BCUT2D eigenvalue weighted by atomic mass is 10.1. The standard InChI is InChI=1S/C20H26ClN.ClH/c21-15-18-22(16-7-13-19-9-3-1-4-10-19)17-8-14-20-11-5-2-6-12-20;/h1-6,9-12H,7-8,13-18H2;1H. The topological polar surface area (TPSA) is 4.44 Å². The Labute approximate surface area is 152 Å². The average Bonchev–Trinajstić information content (AvgIpc) is 2.57. The van der Waals surface area contributed by atoms with Crippen LogP contribution >= 0.6 is 11.6 Å². The van der Waals surface area contributed by atoms with Crippen LogP contribution in [0, 0.1) is 0 Å². The predicted molar refractivity (Wildman–Crippen MR) is 95.8 cm³/mol. The van der Waals surface area contributed by atoms with E-state index in [0.717, 1.165) is 12.4 Å². The van der Waals surface area contributed by atoms with Gasteiger partial charge in [-0.2, -0.15) is 0 Å². The summed E-state index contributed by atoms with van der Waals surface area (Å²) < 4.78 is 0. The Bertz CT molecular complexity index is 456. The van der Waals surface area contributed by atoms with Gasteiger partial charge in [0.15, 0.2) is 0 Å². The first kappa shape index (κ1) is 20.0. The van der Waals surface area contributed by atoms with Crippen LogP contribution in [0.5, 0.6) is 0 Å². The number of nitrogens with one attached hydrogen (secondary N) is 1. The van der Waals surface area contributed by atoms with Gasteiger partial charge in [0.05, 0.1) is 25.5 Å². The van der Waals surface area contributed by atoms with E-state index in [1.165, 1.54) is 49.9 Å². The van der Waals surface area contributed by atoms with Gasteiger partial charge in [-0.25, -0.2) is 0 Å². The largest absolute Gasteiger partial charge is 1.00 e. The van der Waals surface area contributed by atoms with Crippen LogP contribution in [0.2, 0.25) is 0 Å². The molecule has 0 atom stereocenters. The van der Waals surface area contributed by atoms with Crippen molar-refractivity contribution in [3.8, 4) is 0 Å². The number of hydrogen-bond acceptors (Lipinski definition) is 0. The zero-order valence-electron chi connectivity index (χ0n) is 13.7. The molecule has 126 valence electrons. The average molecular weight is 352 g/mol. The van der Waals surface area contributed by atoms with Crippen LogP contribution in [0.4, 0.5) is 0 Å². The molecule has 2 aromatic carbocycles. The third-order valence-electron chi connectivity index (χ3n) is 4.13. The highest BCUT2D eigenvalue weighted by atomic mass is 35.5. The first-order valence-corrected chi connectivity index (χ1v) is 8.89. The van der Waals surface area contributed by atoms with Crippen molar-refractivity contribution in [2.24, 2.45) is 0 Å². The van der Waals surface area contributed by atoms with Gasteiger partial charge in [-0.3, -0.25) is 0 Å². The minimum Gasteiger partial charge on any atom is -1.00 e. The number of hydrogen-bond donors (Lipinski definition) is 1. The summed E-state index contributed by atoms with van der Waals surface area (Å²) in [7, 11) is 0. The number of alkyl halides is 1. The van der Waals surface area contributed by atoms with E-state index in [-0.39, 0.29) is 12.4 Å². The van der Waals surface area contributed by atoms with E-state index >= 15 is 0 Å². The first-order valence-electron chi connectivity index (χ1n) is 8.36. The fourth-order valence-electron chi connectivity index (χ4n) is 2.88. The van der Waals surface area contributed by atoms with Crippen molar-refractivity contribution < 1.29 is 17.3 Å². The summed E-state index contributed by atoms with van der Waals surface area (Å²) in [5.41, 5.74) is 2.88. The molecule has 0 unspecified atom stereocenters. The normalized spacial score (nSPS) is 10.5. The van der Waals surface area contributed by atoms with Gasteiger partial charge in [-0.1, -0.05) is 60.7 Å². The molecule has 0 aliphatic heterocycles. The summed E-state index contributed by atoms with van der Waals surface area (Å²) in [6, 6.07) is 21.5. The van der Waals surface area contributed by atoms with Crippen LogP contribution in [0.25, 0.3) is 0 Å². The maximum atomic E-state index is 5.97. The Balaban J connectivity index is 0.00000264. The Hall–Kier alpha value is -1.02. The lowest BCUT2D eigenvalue weighted by molar-refractivity contribution is -0.898. The number of quaternary nitrogens is 1. The first-order chi connectivity index (χ1) is 10.9. The van der Waals surface area contributed by atoms with Crippen LogP contribution in [0.15, 0.2) is 60.7 Å². The van der Waals surface area contributed by atoms with Crippen molar-refractivity contribution in [3.05, 3.63) is 71.8 Å². The van der Waals surface area contributed by atoms with E-state index in [4.69, 9.17) is 11.6 Å². The second-order valence-corrected chi connectivity index (χ2v) is 6.25. The highest BCUT2D eigenvalue weighted by Crippen LogP contribution is 2.02. The molecule has 3 heteroatoms. The second-order valence-electron chi connectivity index (χ2n) is 5.87. The van der Waals surface area contributed by atoms with E-state index < -0.39 is 0 Å². The van der Waals surface area contributed by atoms with Gasteiger partial charge in [0.25, 0.3) is 0 Å². The molecule has 0 bridgehead atoms. The fourth-order valence-corrected chi connectivity index (χ4v) is 3.15. The molecule has 2 rings (SSSR count). The Morgan fingerprint density at radius 3 is 1.48 bits per heavy atom. The molecule has 2 aromatic rings. The fraction of sp³-hybridized carbons (Fsp3) is 0.400. The molecule has 0 spiro atoms. The van der Waals surface area contributed by atoms with E-state index in [2.05, 4.69) is 60.7 Å². The molecule has 0 aliphatic carbocycles. The molecular formula is C20H27Cl2N. The zero-order valence-corrected chi connectivity index (χ0v) is 15.2. The van der Waals surface area contributed by atoms with Gasteiger partial charge in [-0.05, 0) is 24.0 Å². The Morgan fingerprint density at radius 1 is 0.652 bits per heavy atom. The van der Waals surface area contributed by atoms with Crippen molar-refractivity contribution in [3.63, 3.8) is 0 Å². The molecule has 0 fully saturated rings. The summed E-state index contributed by atoms with van der Waals surface area (Å²) in [6.45, 7) is 3.51. The number of benzene rings is 2. The summed E-state index contributed by atoms with van der Waals surface area (Å²) in [6.07, 6.45) is 4.82. The van der Waals surface area contributed by atoms with E-state index in [9.17, 15) is 0 Å². The van der Waals surface area contributed by atoms with Crippen LogP contribution in [0.1, 0.15) is 24.0 Å². The van der Waals surface area contributed by atoms with E-state index in [1.807, 2.05) is 0 Å². The third-order valence-corrected chi connectivity index (χ3v) is 4.31. The SMILES string of the molecule is ClCC[NH+](CCCc1ccccc1)CCCc1ccccc1.[Cl-]. The highest BCUT2D eigenvalue weighted by Gasteiger charge is 2.07. The highest BCUT2D eigenvalue weighted by molar-refractivity contribution is 6.17. The molecule has 1 N–H and O–H groups in total. The van der Waals surface area contributed by atoms with Crippen LogP contribution in [-0.2, 0) is 12.8 Å². The van der Waals surface area contributed by atoms with E-state index in [1.54, 1.807) is 4.90 Å². The molecule has 1 nitrogen and oxygen atoms in total. The predicted octanol–water partition coefficient (Wildman–Crippen LogP) is 0.380. The monoisotopic (exact) mass is 351 g/mol. The molecule has 0 radical (unpaired) electrons. The number of aryl methyl sites for hydroxylation is 2. The molecule has 23 heavy (non-hydrogen) atoms. The zero-order chi connectivity index (χ0) is 15.5. The van der Waals surface area contributed by atoms with Crippen molar-refractivity contribution in [1.82, 2.24) is 0 Å². The van der Waals surface area contributed by atoms with Crippen molar-refractivity contribution in [1.29, 1.82) is 0 Å². The lowest BCUT2D eigenvalue weighted by Gasteiger charge is -2.18.